The van der Waals surface area contributed by atoms with Crippen LogP contribution in [0.15, 0.2) is 34.9 Å². The van der Waals surface area contributed by atoms with E-state index < -0.39 is 0 Å². The number of piperidine rings is 1. The number of urea groups is 1. The molecule has 2 aromatic rings. The number of anilines is 4. The lowest BCUT2D eigenvalue weighted by atomic mass is 9.99. The first kappa shape index (κ1) is 25.2. The molecular weight excluding hydrogens is 512 g/mol. The van der Waals surface area contributed by atoms with Crippen LogP contribution in [-0.2, 0) is 4.79 Å². The normalized spacial score (nSPS) is 17.6. The number of nitrogens with zero attached hydrogens (tertiary/aromatic N) is 3. The minimum atomic E-state index is -0.0716. The molecule has 2 fully saturated rings. The smallest absolute Gasteiger partial charge is 0.321 e. The number of benzene rings is 1. The SMILES string of the molecule is O=C(NCCCNc1nc(Nc2cccc(NC(=O)N3CCCC3)c2)ncc1Br)C1CCCNC1. The van der Waals surface area contributed by atoms with Gasteiger partial charge in [-0.1, -0.05) is 6.07 Å². The monoisotopic (exact) mass is 544 g/mol. The van der Waals surface area contributed by atoms with E-state index in [1.807, 2.05) is 29.2 Å². The molecule has 2 aliphatic rings. The quantitative estimate of drug-likeness (QED) is 0.306. The fourth-order valence-electron chi connectivity index (χ4n) is 4.20. The van der Waals surface area contributed by atoms with Gasteiger partial charge in [0.1, 0.15) is 5.82 Å². The zero-order chi connectivity index (χ0) is 24.5. The number of rotatable bonds is 9. The summed E-state index contributed by atoms with van der Waals surface area (Å²) in [4.78, 5) is 35.3. The maximum Gasteiger partial charge on any atom is 0.321 e. The van der Waals surface area contributed by atoms with Gasteiger partial charge in [0.15, 0.2) is 0 Å². The fraction of sp³-hybridized carbons (Fsp3) is 0.500. The van der Waals surface area contributed by atoms with Crippen molar-refractivity contribution in [2.75, 3.05) is 55.2 Å². The Hall–Kier alpha value is -2.92. The molecule has 0 radical (unpaired) electrons. The molecule has 1 aromatic carbocycles. The molecule has 1 atom stereocenters. The second-order valence-electron chi connectivity index (χ2n) is 8.83. The Morgan fingerprint density at radius 2 is 1.97 bits per heavy atom. The van der Waals surface area contributed by atoms with E-state index >= 15 is 0 Å². The van der Waals surface area contributed by atoms with Gasteiger partial charge in [-0.2, -0.15) is 4.98 Å². The largest absolute Gasteiger partial charge is 0.369 e. The van der Waals surface area contributed by atoms with Crippen LogP contribution in [0.4, 0.5) is 27.9 Å². The number of likely N-dealkylation sites (tertiary alicyclic amines) is 1. The summed E-state index contributed by atoms with van der Waals surface area (Å²) in [7, 11) is 0. The van der Waals surface area contributed by atoms with E-state index in [0.29, 0.717) is 30.5 Å². The Balaban J connectivity index is 1.25. The molecule has 0 spiro atoms. The minimum absolute atomic E-state index is 0.0716. The standard InChI is InChI=1S/C24H33BrN8O2/c25-20-16-29-23(30-18-7-3-8-19(14-18)31-24(35)33-12-1-2-13-33)32-21(20)27-10-5-11-28-22(34)17-6-4-9-26-15-17/h3,7-8,14,16-17,26H,1-2,4-6,9-13,15H2,(H,28,34)(H,31,35)(H2,27,29,30,32). The highest BCUT2D eigenvalue weighted by molar-refractivity contribution is 9.10. The maximum atomic E-state index is 12.4. The number of aromatic nitrogens is 2. The van der Waals surface area contributed by atoms with E-state index in [1.165, 1.54) is 0 Å². The number of hydrogen-bond donors (Lipinski definition) is 5. The van der Waals surface area contributed by atoms with Gasteiger partial charge in [0, 0.05) is 50.3 Å². The molecule has 3 amide bonds. The summed E-state index contributed by atoms with van der Waals surface area (Å²) >= 11 is 3.49. The van der Waals surface area contributed by atoms with Crippen molar-refractivity contribution in [3.63, 3.8) is 0 Å². The maximum absolute atomic E-state index is 12.4. The molecule has 11 heteroatoms. The third-order valence-corrected chi connectivity index (χ3v) is 6.70. The molecule has 4 rings (SSSR count). The third-order valence-electron chi connectivity index (χ3n) is 6.12. The molecule has 2 aliphatic heterocycles. The molecule has 0 saturated carbocycles. The molecule has 188 valence electrons. The van der Waals surface area contributed by atoms with Gasteiger partial charge in [0.2, 0.25) is 11.9 Å². The highest BCUT2D eigenvalue weighted by Gasteiger charge is 2.20. The minimum Gasteiger partial charge on any atom is -0.369 e. The average molecular weight is 545 g/mol. The van der Waals surface area contributed by atoms with Gasteiger partial charge in [0.25, 0.3) is 0 Å². The van der Waals surface area contributed by atoms with Gasteiger partial charge in [-0.05, 0) is 72.8 Å². The summed E-state index contributed by atoms with van der Waals surface area (Å²) in [5.41, 5.74) is 1.49. The second kappa shape index (κ2) is 12.7. The Bertz CT molecular complexity index is 1010. The van der Waals surface area contributed by atoms with Crippen LogP contribution < -0.4 is 26.6 Å². The third kappa shape index (κ3) is 7.53. The van der Waals surface area contributed by atoms with Crippen LogP contribution in [0.2, 0.25) is 0 Å². The lowest BCUT2D eigenvalue weighted by Gasteiger charge is -2.21. The predicted octanol–water partition coefficient (Wildman–Crippen LogP) is 3.53. The van der Waals surface area contributed by atoms with Crippen molar-refractivity contribution in [2.45, 2.75) is 32.1 Å². The van der Waals surface area contributed by atoms with Crippen LogP contribution in [0.3, 0.4) is 0 Å². The first-order valence-electron chi connectivity index (χ1n) is 12.3. The number of amides is 3. The van der Waals surface area contributed by atoms with Gasteiger partial charge < -0.3 is 31.5 Å². The van der Waals surface area contributed by atoms with E-state index in [0.717, 1.165) is 68.4 Å². The molecule has 1 aromatic heterocycles. The van der Waals surface area contributed by atoms with E-state index in [2.05, 4.69) is 52.5 Å². The fourth-order valence-corrected chi connectivity index (χ4v) is 4.54. The van der Waals surface area contributed by atoms with Crippen LogP contribution in [0.25, 0.3) is 0 Å². The van der Waals surface area contributed by atoms with Gasteiger partial charge >= 0.3 is 6.03 Å². The number of carbonyl (C=O) groups excluding carboxylic acids is 2. The molecule has 2 saturated heterocycles. The summed E-state index contributed by atoms with van der Waals surface area (Å²) in [6.07, 6.45) is 6.58. The Morgan fingerprint density at radius 3 is 2.77 bits per heavy atom. The van der Waals surface area contributed by atoms with Crippen molar-refractivity contribution in [3.8, 4) is 0 Å². The zero-order valence-electron chi connectivity index (χ0n) is 19.8. The molecule has 3 heterocycles. The van der Waals surface area contributed by atoms with Crippen molar-refractivity contribution in [1.82, 2.24) is 25.5 Å². The molecule has 0 aliphatic carbocycles. The zero-order valence-corrected chi connectivity index (χ0v) is 21.4. The van der Waals surface area contributed by atoms with E-state index in [9.17, 15) is 9.59 Å². The van der Waals surface area contributed by atoms with Gasteiger partial charge in [0.05, 0.1) is 10.4 Å². The van der Waals surface area contributed by atoms with E-state index in [1.54, 1.807) is 6.20 Å². The molecule has 0 bridgehead atoms. The number of carbonyl (C=O) groups is 2. The Morgan fingerprint density at radius 1 is 1.14 bits per heavy atom. The van der Waals surface area contributed by atoms with Crippen molar-refractivity contribution in [2.24, 2.45) is 5.92 Å². The van der Waals surface area contributed by atoms with Crippen molar-refractivity contribution < 1.29 is 9.59 Å². The van der Waals surface area contributed by atoms with E-state index in [4.69, 9.17) is 0 Å². The molecule has 10 nitrogen and oxygen atoms in total. The van der Waals surface area contributed by atoms with Crippen LogP contribution in [0.5, 0.6) is 0 Å². The van der Waals surface area contributed by atoms with E-state index in [-0.39, 0.29) is 17.9 Å². The topological polar surface area (TPSA) is 123 Å². The van der Waals surface area contributed by atoms with Gasteiger partial charge in [-0.15, -0.1) is 0 Å². The first-order valence-corrected chi connectivity index (χ1v) is 13.1. The average Bonchev–Trinajstić information content (AvgIpc) is 3.42. The molecule has 35 heavy (non-hydrogen) atoms. The van der Waals surface area contributed by atoms with Crippen molar-refractivity contribution in [1.29, 1.82) is 0 Å². The number of hydrogen-bond acceptors (Lipinski definition) is 7. The lowest BCUT2D eigenvalue weighted by molar-refractivity contribution is -0.125. The Kier molecular flexibility index (Phi) is 9.13. The van der Waals surface area contributed by atoms with Crippen molar-refractivity contribution >= 4 is 51.0 Å². The molecule has 5 N–H and O–H groups in total. The summed E-state index contributed by atoms with van der Waals surface area (Å²) < 4.78 is 0.756. The highest BCUT2D eigenvalue weighted by Crippen LogP contribution is 2.23. The predicted molar refractivity (Wildman–Crippen MR) is 141 cm³/mol. The lowest BCUT2D eigenvalue weighted by Crippen LogP contribution is -2.41. The van der Waals surface area contributed by atoms with Crippen LogP contribution in [0.1, 0.15) is 32.1 Å². The van der Waals surface area contributed by atoms with Gasteiger partial charge in [-0.25, -0.2) is 9.78 Å². The highest BCUT2D eigenvalue weighted by atomic mass is 79.9. The summed E-state index contributed by atoms with van der Waals surface area (Å²) in [6.45, 7) is 4.65. The molecule has 1 unspecified atom stereocenters. The summed E-state index contributed by atoms with van der Waals surface area (Å²) in [5, 5.41) is 15.7. The Labute approximate surface area is 214 Å². The van der Waals surface area contributed by atoms with Crippen molar-refractivity contribution in [3.05, 3.63) is 34.9 Å². The summed E-state index contributed by atoms with van der Waals surface area (Å²) in [5.74, 6) is 1.32. The van der Waals surface area contributed by atoms with Crippen LogP contribution in [0, 0.1) is 5.92 Å². The second-order valence-corrected chi connectivity index (χ2v) is 9.69. The number of nitrogens with one attached hydrogen (secondary N) is 5. The van der Waals surface area contributed by atoms with Gasteiger partial charge in [-0.3, -0.25) is 4.79 Å². The van der Waals surface area contributed by atoms with Crippen LogP contribution in [-0.4, -0.2) is 66.1 Å². The first-order chi connectivity index (χ1) is 17.1. The van der Waals surface area contributed by atoms with Crippen LogP contribution >= 0.6 is 15.9 Å². The molecular formula is C24H33BrN8O2. The number of halogens is 1. The summed E-state index contributed by atoms with van der Waals surface area (Å²) in [6, 6.07) is 7.42.